The van der Waals surface area contributed by atoms with Gasteiger partial charge in [0.15, 0.2) is 5.82 Å². The lowest BCUT2D eigenvalue weighted by Crippen LogP contribution is -2.16. The summed E-state index contributed by atoms with van der Waals surface area (Å²) in [4.78, 5) is 13.6. The van der Waals surface area contributed by atoms with E-state index in [-0.39, 0.29) is 5.41 Å². The average molecular weight is 270 g/mol. The van der Waals surface area contributed by atoms with E-state index in [2.05, 4.69) is 48.0 Å². The summed E-state index contributed by atoms with van der Waals surface area (Å²) in [7, 11) is 0. The zero-order valence-electron chi connectivity index (χ0n) is 12.9. The van der Waals surface area contributed by atoms with Crippen molar-refractivity contribution < 1.29 is 0 Å². The Kier molecular flexibility index (Phi) is 4.02. The number of pyridine rings is 1. The quantitative estimate of drug-likeness (QED) is 0.926. The van der Waals surface area contributed by atoms with Crippen LogP contribution in [0.3, 0.4) is 0 Å². The minimum absolute atomic E-state index is 0.0221. The molecule has 106 valence electrons. The molecule has 0 unspecified atom stereocenters. The molecule has 0 amide bonds. The lowest BCUT2D eigenvalue weighted by molar-refractivity contribution is 0.568. The molecule has 2 heterocycles. The molecular formula is C16H22N4. The topological polar surface area (TPSA) is 50.7 Å². The Morgan fingerprint density at radius 3 is 2.50 bits per heavy atom. The normalized spacial score (nSPS) is 11.4. The van der Waals surface area contributed by atoms with E-state index >= 15 is 0 Å². The SMILES string of the molecule is CCNc1cc(C(C)(C)C)nc(-c2cc(C)ccn2)n1. The first kappa shape index (κ1) is 14.4. The number of hydrogen-bond donors (Lipinski definition) is 1. The summed E-state index contributed by atoms with van der Waals surface area (Å²) in [5.74, 6) is 1.53. The smallest absolute Gasteiger partial charge is 0.180 e. The lowest BCUT2D eigenvalue weighted by Gasteiger charge is -2.19. The van der Waals surface area contributed by atoms with Crippen molar-refractivity contribution in [3.8, 4) is 11.5 Å². The van der Waals surface area contributed by atoms with Gasteiger partial charge in [0.2, 0.25) is 0 Å². The fourth-order valence-electron chi connectivity index (χ4n) is 1.88. The number of hydrogen-bond acceptors (Lipinski definition) is 4. The number of aryl methyl sites for hydroxylation is 1. The predicted octanol–water partition coefficient (Wildman–Crippen LogP) is 3.58. The molecule has 0 saturated carbocycles. The summed E-state index contributed by atoms with van der Waals surface area (Å²) in [6.07, 6.45) is 1.80. The molecule has 1 N–H and O–H groups in total. The number of nitrogens with one attached hydrogen (secondary N) is 1. The monoisotopic (exact) mass is 270 g/mol. The second kappa shape index (κ2) is 5.57. The van der Waals surface area contributed by atoms with Gasteiger partial charge in [-0.1, -0.05) is 20.8 Å². The molecule has 0 spiro atoms. The second-order valence-corrected chi connectivity index (χ2v) is 5.96. The molecule has 4 nitrogen and oxygen atoms in total. The molecule has 0 bridgehead atoms. The molecule has 4 heteroatoms. The van der Waals surface area contributed by atoms with Gasteiger partial charge in [-0.05, 0) is 31.5 Å². The van der Waals surface area contributed by atoms with Crippen LogP contribution in [-0.4, -0.2) is 21.5 Å². The van der Waals surface area contributed by atoms with Crippen molar-refractivity contribution in [1.29, 1.82) is 0 Å². The molecule has 0 aliphatic heterocycles. The Bertz CT molecular complexity index is 600. The van der Waals surface area contributed by atoms with Gasteiger partial charge in [-0.25, -0.2) is 9.97 Å². The third-order valence-corrected chi connectivity index (χ3v) is 3.00. The first-order chi connectivity index (χ1) is 9.40. The van der Waals surface area contributed by atoms with Gasteiger partial charge in [0.25, 0.3) is 0 Å². The molecule has 0 aliphatic rings. The van der Waals surface area contributed by atoms with Crippen LogP contribution < -0.4 is 5.32 Å². The van der Waals surface area contributed by atoms with E-state index < -0.39 is 0 Å². The fourth-order valence-corrected chi connectivity index (χ4v) is 1.88. The van der Waals surface area contributed by atoms with E-state index in [1.165, 1.54) is 0 Å². The highest BCUT2D eigenvalue weighted by Gasteiger charge is 2.18. The standard InChI is InChI=1S/C16H22N4/c1-6-17-14-10-13(16(3,4)5)19-15(20-14)12-9-11(2)7-8-18-12/h7-10H,6H2,1-5H3,(H,17,19,20). The maximum atomic E-state index is 4.68. The highest BCUT2D eigenvalue weighted by Crippen LogP contribution is 2.25. The van der Waals surface area contributed by atoms with Gasteiger partial charge in [-0.3, -0.25) is 4.98 Å². The maximum absolute atomic E-state index is 4.68. The largest absolute Gasteiger partial charge is 0.370 e. The van der Waals surface area contributed by atoms with Gasteiger partial charge < -0.3 is 5.32 Å². The lowest BCUT2D eigenvalue weighted by atomic mass is 9.92. The number of nitrogens with zero attached hydrogens (tertiary/aromatic N) is 3. The summed E-state index contributed by atoms with van der Waals surface area (Å²) in [5.41, 5.74) is 2.97. The van der Waals surface area contributed by atoms with Crippen LogP contribution in [0.15, 0.2) is 24.4 Å². The minimum atomic E-state index is -0.0221. The number of rotatable bonds is 3. The van der Waals surface area contributed by atoms with Crippen LogP contribution in [0.2, 0.25) is 0 Å². The van der Waals surface area contributed by atoms with Gasteiger partial charge in [0.1, 0.15) is 11.5 Å². The van der Waals surface area contributed by atoms with Crippen molar-refractivity contribution in [2.75, 3.05) is 11.9 Å². The Morgan fingerprint density at radius 2 is 1.90 bits per heavy atom. The summed E-state index contributed by atoms with van der Waals surface area (Å²) < 4.78 is 0. The second-order valence-electron chi connectivity index (χ2n) is 5.96. The van der Waals surface area contributed by atoms with Gasteiger partial charge >= 0.3 is 0 Å². The minimum Gasteiger partial charge on any atom is -0.370 e. The zero-order chi connectivity index (χ0) is 14.8. The first-order valence-electron chi connectivity index (χ1n) is 6.96. The van der Waals surface area contributed by atoms with E-state index in [0.717, 1.165) is 29.3 Å². The fraction of sp³-hybridized carbons (Fsp3) is 0.438. The Balaban J connectivity index is 2.54. The average Bonchev–Trinajstić information content (AvgIpc) is 2.38. The van der Waals surface area contributed by atoms with Gasteiger partial charge in [-0.2, -0.15) is 0 Å². The Labute approximate surface area is 120 Å². The Morgan fingerprint density at radius 1 is 1.15 bits per heavy atom. The molecule has 0 atom stereocenters. The van der Waals surface area contributed by atoms with Crippen molar-refractivity contribution in [2.24, 2.45) is 0 Å². The molecule has 0 radical (unpaired) electrons. The third-order valence-electron chi connectivity index (χ3n) is 3.00. The van der Waals surface area contributed by atoms with E-state index in [1.54, 1.807) is 6.20 Å². The summed E-state index contributed by atoms with van der Waals surface area (Å²) in [6, 6.07) is 6.00. The van der Waals surface area contributed by atoms with E-state index in [9.17, 15) is 0 Å². The van der Waals surface area contributed by atoms with Crippen LogP contribution in [0.25, 0.3) is 11.5 Å². The molecule has 0 saturated heterocycles. The van der Waals surface area contributed by atoms with Gasteiger partial charge in [-0.15, -0.1) is 0 Å². The summed E-state index contributed by atoms with van der Waals surface area (Å²) in [6.45, 7) is 11.4. The maximum Gasteiger partial charge on any atom is 0.180 e. The van der Waals surface area contributed by atoms with Crippen LogP contribution in [0.4, 0.5) is 5.82 Å². The van der Waals surface area contributed by atoms with Crippen LogP contribution in [-0.2, 0) is 5.41 Å². The highest BCUT2D eigenvalue weighted by atomic mass is 15.0. The first-order valence-corrected chi connectivity index (χ1v) is 6.96. The van der Waals surface area contributed by atoms with Crippen LogP contribution >= 0.6 is 0 Å². The summed E-state index contributed by atoms with van der Waals surface area (Å²) >= 11 is 0. The number of aromatic nitrogens is 3. The highest BCUT2D eigenvalue weighted by molar-refractivity contribution is 5.54. The molecule has 2 aromatic heterocycles. The van der Waals surface area contributed by atoms with Gasteiger partial charge in [0.05, 0.1) is 5.69 Å². The molecule has 0 fully saturated rings. The predicted molar refractivity (Wildman–Crippen MR) is 82.9 cm³/mol. The molecule has 0 aromatic carbocycles. The van der Waals surface area contributed by atoms with E-state index in [0.29, 0.717) is 5.82 Å². The summed E-state index contributed by atoms with van der Waals surface area (Å²) in [5, 5.41) is 3.27. The van der Waals surface area contributed by atoms with Crippen molar-refractivity contribution in [2.45, 2.75) is 40.0 Å². The molecule has 0 aliphatic carbocycles. The third kappa shape index (κ3) is 3.32. The molecule has 2 rings (SSSR count). The molecular weight excluding hydrogens is 248 g/mol. The van der Waals surface area contributed by atoms with Crippen molar-refractivity contribution >= 4 is 5.82 Å². The van der Waals surface area contributed by atoms with Crippen molar-refractivity contribution in [3.63, 3.8) is 0 Å². The van der Waals surface area contributed by atoms with Crippen LogP contribution in [0.5, 0.6) is 0 Å². The molecule has 2 aromatic rings. The van der Waals surface area contributed by atoms with Gasteiger partial charge in [0, 0.05) is 24.2 Å². The van der Waals surface area contributed by atoms with Crippen LogP contribution in [0, 0.1) is 6.92 Å². The Hall–Kier alpha value is -1.97. The van der Waals surface area contributed by atoms with E-state index in [4.69, 9.17) is 0 Å². The number of anilines is 1. The van der Waals surface area contributed by atoms with E-state index in [1.807, 2.05) is 25.1 Å². The van der Waals surface area contributed by atoms with Crippen molar-refractivity contribution in [3.05, 3.63) is 35.7 Å². The zero-order valence-corrected chi connectivity index (χ0v) is 12.9. The molecule has 20 heavy (non-hydrogen) atoms. The van der Waals surface area contributed by atoms with Crippen molar-refractivity contribution in [1.82, 2.24) is 15.0 Å². The van der Waals surface area contributed by atoms with Crippen LogP contribution in [0.1, 0.15) is 39.0 Å².